The predicted molar refractivity (Wildman–Crippen MR) is 41.4 cm³/mol. The zero-order chi connectivity index (χ0) is 8.55. The second-order valence-electron chi connectivity index (χ2n) is 2.18. The van der Waals surface area contributed by atoms with Crippen LogP contribution in [-0.4, -0.2) is 19.6 Å². The Kier molecular flexibility index (Phi) is 1.31. The molecule has 0 spiro atoms. The Morgan fingerprint density at radius 3 is 3.25 bits per heavy atom. The maximum Gasteiger partial charge on any atom is 0.348 e. The Morgan fingerprint density at radius 2 is 2.50 bits per heavy atom. The molecule has 0 unspecified atom stereocenters. The molecule has 7 nitrogen and oxygen atoms in total. The fraction of sp³-hybridized carbons (Fsp3) is 0. The molecule has 0 aliphatic carbocycles. The third-order valence-electron chi connectivity index (χ3n) is 1.46. The summed E-state index contributed by atoms with van der Waals surface area (Å²) < 4.78 is 1.28. The van der Waals surface area contributed by atoms with Gasteiger partial charge in [-0.05, 0) is 0 Å². The number of hydrogen-bond donors (Lipinski definition) is 3. The van der Waals surface area contributed by atoms with Crippen LogP contribution in [0.5, 0.6) is 0 Å². The van der Waals surface area contributed by atoms with Crippen molar-refractivity contribution in [3.63, 3.8) is 0 Å². The number of aromatic nitrogens is 4. The lowest BCUT2D eigenvalue weighted by molar-refractivity contribution is 0.995. The topological polar surface area (TPSA) is 101 Å². The van der Waals surface area contributed by atoms with Gasteiger partial charge in [-0.1, -0.05) is 0 Å². The molecule has 0 bridgehead atoms. The van der Waals surface area contributed by atoms with Gasteiger partial charge in [0.15, 0.2) is 5.65 Å². The number of H-pyrrole nitrogens is 1. The van der Waals surface area contributed by atoms with Crippen LogP contribution in [0.3, 0.4) is 0 Å². The van der Waals surface area contributed by atoms with Gasteiger partial charge in [-0.25, -0.2) is 25.1 Å². The number of aromatic amines is 1. The maximum atomic E-state index is 10.9. The zero-order valence-corrected chi connectivity index (χ0v) is 5.98. The Hall–Kier alpha value is -1.89. The van der Waals surface area contributed by atoms with Crippen molar-refractivity contribution in [2.45, 2.75) is 0 Å². The Bertz CT molecular complexity index is 456. The lowest BCUT2D eigenvalue weighted by Crippen LogP contribution is -2.12. The van der Waals surface area contributed by atoms with Crippen LogP contribution in [0.4, 0.5) is 5.82 Å². The molecule has 2 heterocycles. The van der Waals surface area contributed by atoms with E-state index in [-0.39, 0.29) is 5.69 Å². The quantitative estimate of drug-likeness (QED) is 0.361. The van der Waals surface area contributed by atoms with Gasteiger partial charge < -0.3 is 5.43 Å². The molecule has 0 fully saturated rings. The molecule has 4 N–H and O–H groups in total. The average Bonchev–Trinajstić information content (AvgIpc) is 2.47. The van der Waals surface area contributed by atoms with Crippen molar-refractivity contribution in [1.82, 2.24) is 19.6 Å². The first-order chi connectivity index (χ1) is 5.81. The van der Waals surface area contributed by atoms with E-state index in [0.29, 0.717) is 11.5 Å². The monoisotopic (exact) mass is 166 g/mol. The molecule has 0 amide bonds. The Labute approximate surface area is 66.2 Å². The van der Waals surface area contributed by atoms with Crippen LogP contribution >= 0.6 is 0 Å². The number of hydrazine groups is 1. The first kappa shape index (κ1) is 6.80. The number of anilines is 1. The molecule has 12 heavy (non-hydrogen) atoms. The lowest BCUT2D eigenvalue weighted by Gasteiger charge is -1.96. The van der Waals surface area contributed by atoms with Gasteiger partial charge in [0.25, 0.3) is 0 Å². The summed E-state index contributed by atoms with van der Waals surface area (Å²) in [6.07, 6.45) is 1.34. The van der Waals surface area contributed by atoms with E-state index < -0.39 is 0 Å². The molecule has 7 heteroatoms. The van der Waals surface area contributed by atoms with E-state index in [1.807, 2.05) is 0 Å². The van der Waals surface area contributed by atoms with Crippen LogP contribution in [0.15, 0.2) is 17.2 Å². The molecule has 0 aliphatic heterocycles. The number of rotatable bonds is 1. The summed E-state index contributed by atoms with van der Waals surface area (Å²) in [5, 5.41) is 5.99. The van der Waals surface area contributed by atoms with E-state index in [1.54, 1.807) is 6.07 Å². The zero-order valence-electron chi connectivity index (χ0n) is 5.98. The van der Waals surface area contributed by atoms with Crippen LogP contribution < -0.4 is 17.0 Å². The van der Waals surface area contributed by atoms with Gasteiger partial charge in [0, 0.05) is 6.07 Å². The summed E-state index contributed by atoms with van der Waals surface area (Å²) in [7, 11) is 0. The molecule has 2 aromatic heterocycles. The van der Waals surface area contributed by atoms with Crippen LogP contribution in [0, 0.1) is 0 Å². The van der Waals surface area contributed by atoms with Crippen molar-refractivity contribution < 1.29 is 0 Å². The smallest absolute Gasteiger partial charge is 0.308 e. The molecule has 0 aromatic carbocycles. The minimum absolute atomic E-state index is 0.318. The fourth-order valence-corrected chi connectivity index (χ4v) is 0.889. The molecule has 0 saturated heterocycles. The number of hydrogen-bond acceptors (Lipinski definition) is 5. The Morgan fingerprint density at radius 1 is 1.67 bits per heavy atom. The summed E-state index contributed by atoms with van der Waals surface area (Å²) >= 11 is 0. The molecule has 0 atom stereocenters. The van der Waals surface area contributed by atoms with Gasteiger partial charge in [0.2, 0.25) is 0 Å². The van der Waals surface area contributed by atoms with E-state index >= 15 is 0 Å². The summed E-state index contributed by atoms with van der Waals surface area (Å²) in [6.45, 7) is 0. The van der Waals surface area contributed by atoms with Crippen molar-refractivity contribution in [2.24, 2.45) is 5.84 Å². The molecule has 0 saturated carbocycles. The highest BCUT2D eigenvalue weighted by Crippen LogP contribution is 2.00. The fourth-order valence-electron chi connectivity index (χ4n) is 0.889. The summed E-state index contributed by atoms with van der Waals surface area (Å²) in [6, 6.07) is 1.55. The molecule has 62 valence electrons. The van der Waals surface area contributed by atoms with Crippen molar-refractivity contribution in [3.8, 4) is 0 Å². The Balaban J connectivity index is 2.77. The first-order valence-corrected chi connectivity index (χ1v) is 3.20. The van der Waals surface area contributed by atoms with E-state index in [9.17, 15) is 4.79 Å². The molecular weight excluding hydrogens is 160 g/mol. The van der Waals surface area contributed by atoms with Gasteiger partial charge in [-0.2, -0.15) is 5.10 Å². The standard InChI is InChI=1S/C5H6N6O/c6-8-3-1-4-9-10-5(12)11(4)2-7-3/h1-2,8H,6H2,(H,10,12). The predicted octanol–water partition coefficient (Wildman–Crippen LogP) is -1.30. The second kappa shape index (κ2) is 2.31. The van der Waals surface area contributed by atoms with Crippen LogP contribution in [0.1, 0.15) is 0 Å². The highest BCUT2D eigenvalue weighted by Gasteiger charge is 1.99. The molecule has 0 radical (unpaired) electrons. The highest BCUT2D eigenvalue weighted by molar-refractivity contribution is 5.47. The number of nitrogens with two attached hydrogens (primary N) is 1. The summed E-state index contributed by atoms with van der Waals surface area (Å²) in [4.78, 5) is 14.8. The van der Waals surface area contributed by atoms with Crippen LogP contribution in [0.2, 0.25) is 0 Å². The third kappa shape index (κ3) is 0.839. The van der Waals surface area contributed by atoms with Gasteiger partial charge in [0.05, 0.1) is 0 Å². The first-order valence-electron chi connectivity index (χ1n) is 3.20. The maximum absolute atomic E-state index is 10.9. The number of nitrogens with one attached hydrogen (secondary N) is 2. The third-order valence-corrected chi connectivity index (χ3v) is 1.46. The molecule has 2 rings (SSSR count). The van der Waals surface area contributed by atoms with E-state index in [4.69, 9.17) is 5.84 Å². The number of nitrogen functional groups attached to an aromatic ring is 1. The van der Waals surface area contributed by atoms with Crippen molar-refractivity contribution in [3.05, 3.63) is 22.9 Å². The van der Waals surface area contributed by atoms with Gasteiger partial charge >= 0.3 is 5.69 Å². The van der Waals surface area contributed by atoms with Gasteiger partial charge in [-0.15, -0.1) is 0 Å². The number of nitrogens with zero attached hydrogens (tertiary/aromatic N) is 3. The minimum atomic E-state index is -0.318. The minimum Gasteiger partial charge on any atom is -0.308 e. The van der Waals surface area contributed by atoms with E-state index in [2.05, 4.69) is 20.6 Å². The van der Waals surface area contributed by atoms with Gasteiger partial charge in [0.1, 0.15) is 12.1 Å². The van der Waals surface area contributed by atoms with Crippen molar-refractivity contribution >= 4 is 11.5 Å². The average molecular weight is 166 g/mol. The van der Waals surface area contributed by atoms with E-state index in [0.717, 1.165) is 0 Å². The van der Waals surface area contributed by atoms with Gasteiger partial charge in [-0.3, -0.25) is 0 Å². The van der Waals surface area contributed by atoms with Crippen molar-refractivity contribution in [2.75, 3.05) is 5.43 Å². The SMILES string of the molecule is NNc1cc2n[nH]c(=O)n2cn1. The highest BCUT2D eigenvalue weighted by atomic mass is 16.1. The second-order valence-corrected chi connectivity index (χ2v) is 2.18. The van der Waals surface area contributed by atoms with Crippen LogP contribution in [0.25, 0.3) is 5.65 Å². The number of fused-ring (bicyclic) bond motifs is 1. The summed E-state index contributed by atoms with van der Waals surface area (Å²) in [5.41, 5.74) is 2.50. The summed E-state index contributed by atoms with van der Waals surface area (Å²) in [5.74, 6) is 5.57. The lowest BCUT2D eigenvalue weighted by atomic mass is 10.6. The van der Waals surface area contributed by atoms with Crippen molar-refractivity contribution in [1.29, 1.82) is 0 Å². The molecular formula is C5H6N6O. The molecule has 2 aromatic rings. The normalized spacial score (nSPS) is 10.4. The van der Waals surface area contributed by atoms with Crippen LogP contribution in [-0.2, 0) is 0 Å². The largest absolute Gasteiger partial charge is 0.348 e. The molecule has 0 aliphatic rings. The van der Waals surface area contributed by atoms with E-state index in [1.165, 1.54) is 10.7 Å².